The molecule has 176 valence electrons. The van der Waals surface area contributed by atoms with Crippen LogP contribution in [0.1, 0.15) is 6.42 Å². The molecule has 3 heterocycles. The van der Waals surface area contributed by atoms with E-state index in [-0.39, 0.29) is 37.1 Å². The van der Waals surface area contributed by atoms with Gasteiger partial charge in [-0.2, -0.15) is 4.31 Å². The van der Waals surface area contributed by atoms with Gasteiger partial charge in [0.05, 0.1) is 11.7 Å². The van der Waals surface area contributed by atoms with Crippen molar-refractivity contribution in [2.24, 2.45) is 5.92 Å². The average Bonchev–Trinajstić information content (AvgIpc) is 3.22. The quantitative estimate of drug-likeness (QED) is 0.627. The summed E-state index contributed by atoms with van der Waals surface area (Å²) in [6.45, 7) is 2.14. The number of carbonyl (C=O) groups is 2. The van der Waals surface area contributed by atoms with E-state index in [0.29, 0.717) is 36.9 Å². The molecule has 2 fully saturated rings. The number of halogens is 1. The van der Waals surface area contributed by atoms with Gasteiger partial charge in [-0.05, 0) is 36.4 Å². The number of nitrogens with one attached hydrogen (secondary N) is 1. The van der Waals surface area contributed by atoms with Gasteiger partial charge in [0.1, 0.15) is 5.82 Å². The number of sulfonamides is 1. The zero-order chi connectivity index (χ0) is 23.4. The van der Waals surface area contributed by atoms with E-state index < -0.39 is 15.9 Å². The first-order valence-electron chi connectivity index (χ1n) is 10.8. The molecule has 2 saturated heterocycles. The minimum absolute atomic E-state index is 0.00720. The number of rotatable bonds is 7. The molecule has 1 aromatic carbocycles. The second-order valence-electron chi connectivity index (χ2n) is 8.06. The van der Waals surface area contributed by atoms with Crippen LogP contribution in [0.5, 0.6) is 0 Å². The van der Waals surface area contributed by atoms with E-state index in [1.54, 1.807) is 35.4 Å². The molecular weight excluding hydrogens is 466 g/mol. The molecule has 1 unspecified atom stereocenters. The van der Waals surface area contributed by atoms with Crippen LogP contribution in [-0.2, 0) is 19.6 Å². The maximum absolute atomic E-state index is 12.7. The monoisotopic (exact) mass is 491 g/mol. The highest BCUT2D eigenvalue weighted by Crippen LogP contribution is 2.26. The molecule has 1 atom stereocenters. The lowest BCUT2D eigenvalue weighted by Crippen LogP contribution is -2.50. The summed E-state index contributed by atoms with van der Waals surface area (Å²) in [5, 5.41) is 3.26. The number of hydrogen-bond donors (Lipinski definition) is 1. The zero-order valence-electron chi connectivity index (χ0n) is 18.1. The van der Waals surface area contributed by atoms with E-state index in [1.807, 2.05) is 18.2 Å². The third-order valence-electron chi connectivity index (χ3n) is 5.90. The first-order chi connectivity index (χ1) is 15.8. The van der Waals surface area contributed by atoms with Gasteiger partial charge in [0.25, 0.3) is 0 Å². The zero-order valence-corrected chi connectivity index (χ0v) is 19.6. The van der Waals surface area contributed by atoms with Crippen molar-refractivity contribution in [3.63, 3.8) is 0 Å². The smallest absolute Gasteiger partial charge is 0.227 e. The summed E-state index contributed by atoms with van der Waals surface area (Å²) >= 11 is 5.89. The van der Waals surface area contributed by atoms with Gasteiger partial charge in [0.15, 0.2) is 0 Å². The van der Waals surface area contributed by atoms with Crippen LogP contribution in [0.15, 0.2) is 48.7 Å². The van der Waals surface area contributed by atoms with Gasteiger partial charge in [-0.3, -0.25) is 9.59 Å². The molecule has 0 radical (unpaired) electrons. The molecule has 2 aromatic rings. The molecule has 1 aromatic heterocycles. The van der Waals surface area contributed by atoms with Crippen molar-refractivity contribution in [2.75, 3.05) is 54.8 Å². The average molecular weight is 492 g/mol. The van der Waals surface area contributed by atoms with Crippen LogP contribution in [0.25, 0.3) is 0 Å². The largest absolute Gasteiger partial charge is 0.355 e. The van der Waals surface area contributed by atoms with Crippen LogP contribution in [0, 0.1) is 5.92 Å². The summed E-state index contributed by atoms with van der Waals surface area (Å²) in [7, 11) is -3.50. The Bertz CT molecular complexity index is 1090. The molecule has 2 amide bonds. The fourth-order valence-corrected chi connectivity index (χ4v) is 5.53. The number of benzene rings is 1. The Morgan fingerprint density at radius 1 is 1.09 bits per heavy atom. The van der Waals surface area contributed by atoms with Crippen LogP contribution in [0.4, 0.5) is 11.5 Å². The van der Waals surface area contributed by atoms with E-state index in [9.17, 15) is 18.0 Å². The summed E-state index contributed by atoms with van der Waals surface area (Å²) in [6, 6.07) is 12.5. The summed E-state index contributed by atoms with van der Waals surface area (Å²) < 4.78 is 26.9. The lowest BCUT2D eigenvalue weighted by molar-refractivity contribution is -0.126. The number of amides is 2. The van der Waals surface area contributed by atoms with E-state index in [4.69, 9.17) is 11.6 Å². The number of nitrogens with zero attached hydrogens (tertiary/aromatic N) is 4. The third kappa shape index (κ3) is 5.63. The summed E-state index contributed by atoms with van der Waals surface area (Å²) in [5.74, 6) is -0.312. The van der Waals surface area contributed by atoms with Crippen molar-refractivity contribution in [2.45, 2.75) is 6.42 Å². The maximum atomic E-state index is 12.7. The molecular formula is C22H26ClN5O4S. The molecule has 9 nitrogen and oxygen atoms in total. The Morgan fingerprint density at radius 3 is 2.48 bits per heavy atom. The van der Waals surface area contributed by atoms with Crippen LogP contribution in [-0.4, -0.2) is 74.5 Å². The molecule has 11 heteroatoms. The number of hydrogen-bond acceptors (Lipinski definition) is 6. The fraction of sp³-hybridized carbons (Fsp3) is 0.409. The number of piperazine rings is 1. The van der Waals surface area contributed by atoms with Crippen molar-refractivity contribution < 1.29 is 18.0 Å². The van der Waals surface area contributed by atoms with Crippen molar-refractivity contribution in [3.8, 4) is 0 Å². The van der Waals surface area contributed by atoms with E-state index in [2.05, 4.69) is 15.2 Å². The van der Waals surface area contributed by atoms with Crippen molar-refractivity contribution in [1.82, 2.24) is 14.6 Å². The first-order valence-corrected chi connectivity index (χ1v) is 12.8. The Kier molecular flexibility index (Phi) is 7.16. The topological polar surface area (TPSA) is 103 Å². The third-order valence-corrected chi connectivity index (χ3v) is 8.02. The summed E-state index contributed by atoms with van der Waals surface area (Å²) in [4.78, 5) is 32.8. The normalized spacial score (nSPS) is 19.7. The Labute approximate surface area is 198 Å². The number of aromatic nitrogens is 1. The first kappa shape index (κ1) is 23.5. The maximum Gasteiger partial charge on any atom is 0.227 e. The molecule has 0 bridgehead atoms. The van der Waals surface area contributed by atoms with Gasteiger partial charge in [-0.1, -0.05) is 17.7 Å². The molecule has 4 rings (SSSR count). The molecule has 1 N–H and O–H groups in total. The van der Waals surface area contributed by atoms with Crippen molar-refractivity contribution in [1.29, 1.82) is 0 Å². The number of carbonyl (C=O) groups excluding carboxylic acids is 2. The second kappa shape index (κ2) is 10.1. The molecule has 2 aliphatic rings. The fourth-order valence-electron chi connectivity index (χ4n) is 4.07. The van der Waals surface area contributed by atoms with E-state index in [1.165, 1.54) is 4.31 Å². The summed E-state index contributed by atoms with van der Waals surface area (Å²) in [5.41, 5.74) is 0.687. The lowest BCUT2D eigenvalue weighted by Gasteiger charge is -2.34. The molecule has 0 spiro atoms. The summed E-state index contributed by atoms with van der Waals surface area (Å²) in [6.07, 6.45) is 1.81. The van der Waals surface area contributed by atoms with Crippen LogP contribution >= 0.6 is 11.6 Å². The van der Waals surface area contributed by atoms with Gasteiger partial charge in [0, 0.05) is 62.6 Å². The highest BCUT2D eigenvalue weighted by molar-refractivity contribution is 7.89. The minimum Gasteiger partial charge on any atom is -0.355 e. The standard InChI is InChI=1S/C22H26ClN5O4S/c23-18-4-6-19(7-5-18)28-16-17(15-21(28)29)22(30)25-9-14-33(31,32)27-12-10-26(11-13-27)20-3-1-2-8-24-20/h1-8,17H,9-16H2,(H,25,30). The van der Waals surface area contributed by atoms with Crippen LogP contribution < -0.4 is 15.1 Å². The second-order valence-corrected chi connectivity index (χ2v) is 10.6. The highest BCUT2D eigenvalue weighted by atomic mass is 35.5. The Balaban J connectivity index is 1.24. The van der Waals surface area contributed by atoms with Gasteiger partial charge < -0.3 is 15.1 Å². The van der Waals surface area contributed by atoms with Crippen LogP contribution in [0.2, 0.25) is 5.02 Å². The molecule has 0 aliphatic carbocycles. The van der Waals surface area contributed by atoms with Crippen LogP contribution in [0.3, 0.4) is 0 Å². The Morgan fingerprint density at radius 2 is 1.82 bits per heavy atom. The lowest BCUT2D eigenvalue weighted by atomic mass is 10.1. The van der Waals surface area contributed by atoms with Crippen molar-refractivity contribution in [3.05, 3.63) is 53.7 Å². The van der Waals surface area contributed by atoms with Gasteiger partial charge >= 0.3 is 0 Å². The van der Waals surface area contributed by atoms with Gasteiger partial charge in [0.2, 0.25) is 21.8 Å². The minimum atomic E-state index is -3.50. The number of pyridine rings is 1. The van der Waals surface area contributed by atoms with Crippen molar-refractivity contribution >= 4 is 44.9 Å². The molecule has 2 aliphatic heterocycles. The number of anilines is 2. The Hall–Kier alpha value is -2.69. The predicted octanol–water partition coefficient (Wildman–Crippen LogP) is 1.36. The predicted molar refractivity (Wildman–Crippen MR) is 127 cm³/mol. The highest BCUT2D eigenvalue weighted by Gasteiger charge is 2.35. The van der Waals surface area contributed by atoms with Gasteiger partial charge in [-0.25, -0.2) is 13.4 Å². The SMILES string of the molecule is O=C(NCCS(=O)(=O)N1CCN(c2ccccn2)CC1)C1CC(=O)N(c2ccc(Cl)cc2)C1. The molecule has 0 saturated carbocycles. The van der Waals surface area contributed by atoms with Gasteiger partial charge in [-0.15, -0.1) is 0 Å². The molecule has 33 heavy (non-hydrogen) atoms. The van der Waals surface area contributed by atoms with E-state index >= 15 is 0 Å². The van der Waals surface area contributed by atoms with E-state index in [0.717, 1.165) is 5.82 Å².